The minimum atomic E-state index is 0.468. The van der Waals surface area contributed by atoms with E-state index < -0.39 is 0 Å². The molecule has 2 aromatic rings. The van der Waals surface area contributed by atoms with Crippen molar-refractivity contribution in [2.75, 3.05) is 5.32 Å². The molecule has 1 unspecified atom stereocenters. The van der Waals surface area contributed by atoms with Crippen molar-refractivity contribution in [3.05, 3.63) is 45.7 Å². The Kier molecular flexibility index (Phi) is 3.35. The summed E-state index contributed by atoms with van der Waals surface area (Å²) in [7, 11) is 0. The van der Waals surface area contributed by atoms with Gasteiger partial charge in [0.25, 0.3) is 0 Å². The van der Waals surface area contributed by atoms with E-state index in [0.717, 1.165) is 29.6 Å². The SMILES string of the molecule is CCn1nc(C)c(Br)c1CC1Cc2ccccc2N1. The number of halogens is 1. The van der Waals surface area contributed by atoms with Gasteiger partial charge in [-0.3, -0.25) is 4.68 Å². The Bertz CT molecular complexity index is 578. The van der Waals surface area contributed by atoms with Gasteiger partial charge in [0.15, 0.2) is 0 Å². The third kappa shape index (κ3) is 2.29. The van der Waals surface area contributed by atoms with Gasteiger partial charge in [-0.05, 0) is 47.8 Å². The van der Waals surface area contributed by atoms with Crippen LogP contribution in [0.5, 0.6) is 0 Å². The highest BCUT2D eigenvalue weighted by molar-refractivity contribution is 9.10. The first-order chi connectivity index (χ1) is 9.19. The van der Waals surface area contributed by atoms with Crippen LogP contribution < -0.4 is 5.32 Å². The zero-order valence-electron chi connectivity index (χ0n) is 11.3. The average molecular weight is 320 g/mol. The number of para-hydroxylation sites is 1. The lowest BCUT2D eigenvalue weighted by atomic mass is 10.1. The molecule has 0 amide bonds. The Morgan fingerprint density at radius 3 is 2.95 bits per heavy atom. The molecule has 100 valence electrons. The predicted octanol–water partition coefficient (Wildman–Crippen LogP) is 3.55. The molecule has 0 radical (unpaired) electrons. The Morgan fingerprint density at radius 1 is 1.42 bits per heavy atom. The lowest BCUT2D eigenvalue weighted by Gasteiger charge is -2.13. The van der Waals surface area contributed by atoms with Crippen LogP contribution in [0.3, 0.4) is 0 Å². The standard InChI is InChI=1S/C15H18BrN3/c1-3-19-14(15(16)10(2)18-19)9-12-8-11-6-4-5-7-13(11)17-12/h4-7,12,17H,3,8-9H2,1-2H3. The van der Waals surface area contributed by atoms with Crippen LogP contribution >= 0.6 is 15.9 Å². The van der Waals surface area contributed by atoms with Crippen molar-refractivity contribution < 1.29 is 0 Å². The van der Waals surface area contributed by atoms with Gasteiger partial charge in [-0.25, -0.2) is 0 Å². The lowest BCUT2D eigenvalue weighted by Crippen LogP contribution is -2.21. The summed E-state index contributed by atoms with van der Waals surface area (Å²) in [6.07, 6.45) is 2.10. The number of nitrogens with zero attached hydrogens (tertiary/aromatic N) is 2. The molecule has 0 aliphatic carbocycles. The number of aromatic nitrogens is 2. The first kappa shape index (κ1) is 12.7. The molecule has 3 rings (SSSR count). The summed E-state index contributed by atoms with van der Waals surface area (Å²) < 4.78 is 3.26. The van der Waals surface area contributed by atoms with Crippen LogP contribution in [-0.4, -0.2) is 15.8 Å². The summed E-state index contributed by atoms with van der Waals surface area (Å²) in [4.78, 5) is 0. The van der Waals surface area contributed by atoms with Crippen molar-refractivity contribution in [2.45, 2.75) is 39.3 Å². The van der Waals surface area contributed by atoms with Gasteiger partial charge in [0.1, 0.15) is 0 Å². The van der Waals surface area contributed by atoms with Crippen molar-refractivity contribution >= 4 is 21.6 Å². The summed E-state index contributed by atoms with van der Waals surface area (Å²) in [5, 5.41) is 8.17. The number of aryl methyl sites for hydroxylation is 2. The maximum Gasteiger partial charge on any atom is 0.0738 e. The average Bonchev–Trinajstić information content (AvgIpc) is 2.94. The second kappa shape index (κ2) is 5.00. The van der Waals surface area contributed by atoms with E-state index in [1.807, 2.05) is 0 Å². The number of rotatable bonds is 3. The highest BCUT2D eigenvalue weighted by atomic mass is 79.9. The van der Waals surface area contributed by atoms with Gasteiger partial charge in [0, 0.05) is 24.7 Å². The number of hydrogen-bond donors (Lipinski definition) is 1. The molecule has 1 aromatic heterocycles. The van der Waals surface area contributed by atoms with Crippen molar-refractivity contribution in [3.8, 4) is 0 Å². The maximum atomic E-state index is 4.56. The van der Waals surface area contributed by atoms with Crippen LogP contribution in [0.25, 0.3) is 0 Å². The Balaban J connectivity index is 1.81. The third-order valence-electron chi connectivity index (χ3n) is 3.74. The molecular weight excluding hydrogens is 302 g/mol. The fourth-order valence-corrected chi connectivity index (χ4v) is 3.24. The molecule has 1 aromatic carbocycles. The molecule has 0 fully saturated rings. The Morgan fingerprint density at radius 2 is 2.21 bits per heavy atom. The summed E-state index contributed by atoms with van der Waals surface area (Å²) in [5.74, 6) is 0. The molecule has 2 heterocycles. The van der Waals surface area contributed by atoms with E-state index in [4.69, 9.17) is 0 Å². The van der Waals surface area contributed by atoms with Crippen LogP contribution in [0.2, 0.25) is 0 Å². The van der Waals surface area contributed by atoms with Gasteiger partial charge in [0.2, 0.25) is 0 Å². The van der Waals surface area contributed by atoms with E-state index in [2.05, 4.69) is 69.1 Å². The van der Waals surface area contributed by atoms with Crippen LogP contribution in [0, 0.1) is 6.92 Å². The normalized spacial score (nSPS) is 17.3. The second-order valence-electron chi connectivity index (χ2n) is 5.07. The van der Waals surface area contributed by atoms with Crippen molar-refractivity contribution in [3.63, 3.8) is 0 Å². The first-order valence-corrected chi connectivity index (χ1v) is 7.54. The molecule has 0 saturated heterocycles. The molecule has 1 atom stereocenters. The van der Waals surface area contributed by atoms with Crippen LogP contribution in [-0.2, 0) is 19.4 Å². The van der Waals surface area contributed by atoms with Gasteiger partial charge in [0.05, 0.1) is 15.9 Å². The molecule has 1 N–H and O–H groups in total. The van der Waals surface area contributed by atoms with E-state index in [9.17, 15) is 0 Å². The van der Waals surface area contributed by atoms with E-state index >= 15 is 0 Å². The second-order valence-corrected chi connectivity index (χ2v) is 5.86. The van der Waals surface area contributed by atoms with Gasteiger partial charge in [-0.1, -0.05) is 18.2 Å². The fraction of sp³-hybridized carbons (Fsp3) is 0.400. The number of nitrogens with one attached hydrogen (secondary N) is 1. The summed E-state index contributed by atoms with van der Waals surface area (Å²) >= 11 is 3.67. The smallest absolute Gasteiger partial charge is 0.0738 e. The van der Waals surface area contributed by atoms with E-state index in [1.54, 1.807) is 0 Å². The van der Waals surface area contributed by atoms with Crippen LogP contribution in [0.15, 0.2) is 28.7 Å². The molecule has 0 spiro atoms. The van der Waals surface area contributed by atoms with Gasteiger partial charge >= 0.3 is 0 Å². The quantitative estimate of drug-likeness (QED) is 0.937. The molecule has 0 bridgehead atoms. The van der Waals surface area contributed by atoms with E-state index in [1.165, 1.54) is 16.9 Å². The molecule has 0 saturated carbocycles. The monoisotopic (exact) mass is 319 g/mol. The first-order valence-electron chi connectivity index (χ1n) is 6.75. The Labute approximate surface area is 122 Å². The fourth-order valence-electron chi connectivity index (χ4n) is 2.80. The largest absolute Gasteiger partial charge is 0.381 e. The third-order valence-corrected chi connectivity index (χ3v) is 4.77. The van der Waals surface area contributed by atoms with Crippen LogP contribution in [0.4, 0.5) is 5.69 Å². The molecular formula is C15H18BrN3. The topological polar surface area (TPSA) is 29.9 Å². The van der Waals surface area contributed by atoms with Crippen LogP contribution in [0.1, 0.15) is 23.9 Å². The minimum Gasteiger partial charge on any atom is -0.381 e. The number of anilines is 1. The lowest BCUT2D eigenvalue weighted by molar-refractivity contribution is 0.593. The van der Waals surface area contributed by atoms with Gasteiger partial charge in [-0.2, -0.15) is 5.10 Å². The minimum absolute atomic E-state index is 0.468. The summed E-state index contributed by atoms with van der Waals surface area (Å²) in [6, 6.07) is 9.03. The van der Waals surface area contributed by atoms with E-state index in [0.29, 0.717) is 6.04 Å². The van der Waals surface area contributed by atoms with Crippen molar-refractivity contribution in [2.24, 2.45) is 0 Å². The highest BCUT2D eigenvalue weighted by Crippen LogP contribution is 2.29. The van der Waals surface area contributed by atoms with Crippen molar-refractivity contribution in [1.29, 1.82) is 0 Å². The zero-order valence-corrected chi connectivity index (χ0v) is 12.9. The highest BCUT2D eigenvalue weighted by Gasteiger charge is 2.23. The van der Waals surface area contributed by atoms with Gasteiger partial charge in [-0.15, -0.1) is 0 Å². The molecule has 19 heavy (non-hydrogen) atoms. The van der Waals surface area contributed by atoms with Gasteiger partial charge < -0.3 is 5.32 Å². The maximum absolute atomic E-state index is 4.56. The molecule has 1 aliphatic heterocycles. The van der Waals surface area contributed by atoms with E-state index in [-0.39, 0.29) is 0 Å². The Hall–Kier alpha value is -1.29. The predicted molar refractivity (Wildman–Crippen MR) is 81.6 cm³/mol. The summed E-state index contributed by atoms with van der Waals surface area (Å²) in [5.41, 5.74) is 5.07. The number of fused-ring (bicyclic) bond motifs is 1. The molecule has 3 nitrogen and oxygen atoms in total. The summed E-state index contributed by atoms with van der Waals surface area (Å²) in [6.45, 7) is 5.11. The molecule has 1 aliphatic rings. The number of benzene rings is 1. The molecule has 4 heteroatoms. The zero-order chi connectivity index (χ0) is 13.4. The number of hydrogen-bond acceptors (Lipinski definition) is 2. The van der Waals surface area contributed by atoms with Crippen molar-refractivity contribution in [1.82, 2.24) is 9.78 Å².